The van der Waals surface area contributed by atoms with Gasteiger partial charge in [0.05, 0.1) is 6.61 Å². The van der Waals surface area contributed by atoms with Crippen LogP contribution in [-0.2, 0) is 0 Å². The number of halogens is 1. The SMILES string of the molecule is CN(CCCOc1cccc(Cl)c1)c1nc(C(=O)O)co1. The van der Waals surface area contributed by atoms with E-state index in [2.05, 4.69) is 4.98 Å². The van der Waals surface area contributed by atoms with Crippen LogP contribution in [0, 0.1) is 0 Å². The molecule has 0 aliphatic heterocycles. The lowest BCUT2D eigenvalue weighted by Crippen LogP contribution is -2.20. The number of carbonyl (C=O) groups is 1. The lowest BCUT2D eigenvalue weighted by molar-refractivity contribution is 0.0690. The Hall–Kier alpha value is -2.21. The molecule has 2 aromatic rings. The maximum absolute atomic E-state index is 10.7. The molecule has 21 heavy (non-hydrogen) atoms. The van der Waals surface area contributed by atoms with Crippen LogP contribution in [-0.4, -0.2) is 36.3 Å². The van der Waals surface area contributed by atoms with Crippen molar-refractivity contribution in [2.45, 2.75) is 6.42 Å². The van der Waals surface area contributed by atoms with Crippen molar-refractivity contribution in [3.8, 4) is 5.75 Å². The first-order chi connectivity index (χ1) is 10.1. The second-order valence-corrected chi connectivity index (χ2v) is 4.84. The number of anilines is 1. The minimum Gasteiger partial charge on any atom is -0.493 e. The van der Waals surface area contributed by atoms with Crippen molar-refractivity contribution in [1.82, 2.24) is 4.98 Å². The molecule has 112 valence electrons. The molecule has 7 heteroatoms. The highest BCUT2D eigenvalue weighted by Gasteiger charge is 2.13. The molecule has 0 aliphatic carbocycles. The summed E-state index contributed by atoms with van der Waals surface area (Å²) in [7, 11) is 1.77. The highest BCUT2D eigenvalue weighted by atomic mass is 35.5. The first kappa shape index (κ1) is 15.2. The van der Waals surface area contributed by atoms with Crippen LogP contribution in [0.3, 0.4) is 0 Å². The van der Waals surface area contributed by atoms with Crippen LogP contribution in [0.25, 0.3) is 0 Å². The third-order valence-corrected chi connectivity index (χ3v) is 2.98. The fourth-order valence-corrected chi connectivity index (χ4v) is 1.86. The Kier molecular flexibility index (Phi) is 5.05. The van der Waals surface area contributed by atoms with Gasteiger partial charge in [0.2, 0.25) is 0 Å². The van der Waals surface area contributed by atoms with Crippen molar-refractivity contribution < 1.29 is 19.1 Å². The van der Waals surface area contributed by atoms with Crippen LogP contribution in [0.2, 0.25) is 5.02 Å². The number of oxazole rings is 1. The third-order valence-electron chi connectivity index (χ3n) is 2.74. The number of ether oxygens (including phenoxy) is 1. The Bertz CT molecular complexity index is 615. The predicted molar refractivity (Wildman–Crippen MR) is 78.3 cm³/mol. The normalized spacial score (nSPS) is 10.4. The number of hydrogen-bond donors (Lipinski definition) is 1. The van der Waals surface area contributed by atoms with Gasteiger partial charge in [-0.25, -0.2) is 4.79 Å². The second-order valence-electron chi connectivity index (χ2n) is 4.40. The Morgan fingerprint density at radius 3 is 3.00 bits per heavy atom. The molecule has 0 amide bonds. The molecule has 1 heterocycles. The molecular weight excluding hydrogens is 296 g/mol. The minimum absolute atomic E-state index is 0.105. The highest BCUT2D eigenvalue weighted by molar-refractivity contribution is 6.30. The van der Waals surface area contributed by atoms with Gasteiger partial charge in [-0.3, -0.25) is 0 Å². The molecule has 0 bridgehead atoms. The van der Waals surface area contributed by atoms with E-state index in [0.29, 0.717) is 18.2 Å². The quantitative estimate of drug-likeness (QED) is 0.792. The maximum Gasteiger partial charge on any atom is 0.357 e. The van der Waals surface area contributed by atoms with Crippen LogP contribution in [0.5, 0.6) is 5.75 Å². The van der Waals surface area contributed by atoms with Gasteiger partial charge in [0, 0.05) is 18.6 Å². The van der Waals surface area contributed by atoms with Gasteiger partial charge in [0.15, 0.2) is 5.69 Å². The van der Waals surface area contributed by atoms with Gasteiger partial charge in [-0.05, 0) is 24.6 Å². The van der Waals surface area contributed by atoms with Gasteiger partial charge >= 0.3 is 5.97 Å². The van der Waals surface area contributed by atoms with Crippen LogP contribution < -0.4 is 9.64 Å². The summed E-state index contributed by atoms with van der Waals surface area (Å²) in [6, 6.07) is 7.46. The standard InChI is InChI=1S/C14H15ClN2O4/c1-17(14-16-12(9-21-14)13(18)19)6-3-7-20-11-5-2-4-10(15)8-11/h2,4-5,8-9H,3,6-7H2,1H3,(H,18,19). The van der Waals surface area contributed by atoms with Crippen LogP contribution in [0.15, 0.2) is 34.9 Å². The maximum atomic E-state index is 10.7. The minimum atomic E-state index is -1.11. The average Bonchev–Trinajstić information content (AvgIpc) is 2.93. The largest absolute Gasteiger partial charge is 0.493 e. The van der Waals surface area contributed by atoms with Gasteiger partial charge < -0.3 is 19.2 Å². The van der Waals surface area contributed by atoms with E-state index in [1.165, 1.54) is 0 Å². The molecule has 6 nitrogen and oxygen atoms in total. The number of benzene rings is 1. The highest BCUT2D eigenvalue weighted by Crippen LogP contribution is 2.17. The molecule has 1 aromatic heterocycles. The van der Waals surface area contributed by atoms with Gasteiger partial charge in [-0.2, -0.15) is 4.98 Å². The molecule has 0 atom stereocenters. The number of aromatic nitrogens is 1. The van der Waals surface area contributed by atoms with Crippen molar-refractivity contribution >= 4 is 23.6 Å². The first-order valence-corrected chi connectivity index (χ1v) is 6.72. The third kappa shape index (κ3) is 4.39. The summed E-state index contributed by atoms with van der Waals surface area (Å²) in [6.45, 7) is 1.14. The second kappa shape index (κ2) is 6.99. The fourth-order valence-electron chi connectivity index (χ4n) is 1.68. The van der Waals surface area contributed by atoms with Gasteiger partial charge in [0.25, 0.3) is 6.01 Å². The molecular formula is C14H15ClN2O4. The summed E-state index contributed by atoms with van der Waals surface area (Å²) in [5.41, 5.74) is -0.105. The van der Waals surface area contributed by atoms with Crippen molar-refractivity contribution in [3.05, 3.63) is 41.2 Å². The smallest absolute Gasteiger partial charge is 0.357 e. The molecule has 1 aromatic carbocycles. The van der Waals surface area contributed by atoms with Crippen LogP contribution in [0.4, 0.5) is 6.01 Å². The summed E-state index contributed by atoms with van der Waals surface area (Å²) in [6.07, 6.45) is 1.85. The number of carboxylic acid groups (broad SMARTS) is 1. The average molecular weight is 311 g/mol. The number of rotatable bonds is 7. The van der Waals surface area contributed by atoms with E-state index in [1.807, 2.05) is 12.1 Å². The van der Waals surface area contributed by atoms with E-state index in [9.17, 15) is 4.79 Å². The summed E-state index contributed by atoms with van der Waals surface area (Å²) in [4.78, 5) is 16.3. The van der Waals surface area contributed by atoms with E-state index >= 15 is 0 Å². The zero-order chi connectivity index (χ0) is 15.2. The number of nitrogens with zero attached hydrogens (tertiary/aromatic N) is 2. The van der Waals surface area contributed by atoms with E-state index in [-0.39, 0.29) is 11.7 Å². The zero-order valence-electron chi connectivity index (χ0n) is 11.5. The molecule has 0 radical (unpaired) electrons. The van der Waals surface area contributed by atoms with Crippen molar-refractivity contribution in [3.63, 3.8) is 0 Å². The fraction of sp³-hybridized carbons (Fsp3) is 0.286. The van der Waals surface area contributed by atoms with Gasteiger partial charge in [-0.1, -0.05) is 17.7 Å². The summed E-state index contributed by atoms with van der Waals surface area (Å²) in [5, 5.41) is 9.40. The zero-order valence-corrected chi connectivity index (χ0v) is 12.2. The molecule has 1 N–H and O–H groups in total. The van der Waals surface area contributed by atoms with E-state index in [1.54, 1.807) is 24.1 Å². The van der Waals surface area contributed by atoms with E-state index in [0.717, 1.165) is 18.4 Å². The molecule has 0 aliphatic rings. The summed E-state index contributed by atoms with van der Waals surface area (Å²) >= 11 is 5.86. The summed E-state index contributed by atoms with van der Waals surface area (Å²) in [5.74, 6) is -0.392. The number of hydrogen-bond acceptors (Lipinski definition) is 5. The van der Waals surface area contributed by atoms with Gasteiger partial charge in [0.1, 0.15) is 12.0 Å². The van der Waals surface area contributed by atoms with Crippen LogP contribution >= 0.6 is 11.6 Å². The van der Waals surface area contributed by atoms with Crippen molar-refractivity contribution in [2.75, 3.05) is 25.1 Å². The van der Waals surface area contributed by atoms with Gasteiger partial charge in [-0.15, -0.1) is 0 Å². The molecule has 0 spiro atoms. The Balaban J connectivity index is 1.76. The van der Waals surface area contributed by atoms with E-state index in [4.69, 9.17) is 25.9 Å². The molecule has 0 saturated carbocycles. The Morgan fingerprint density at radius 1 is 1.52 bits per heavy atom. The lowest BCUT2D eigenvalue weighted by Gasteiger charge is -2.14. The Labute approximate surface area is 126 Å². The molecule has 0 fully saturated rings. The number of carboxylic acids is 1. The number of aromatic carboxylic acids is 1. The molecule has 0 saturated heterocycles. The Morgan fingerprint density at radius 2 is 2.33 bits per heavy atom. The topological polar surface area (TPSA) is 75.8 Å². The summed E-state index contributed by atoms with van der Waals surface area (Å²) < 4.78 is 10.7. The van der Waals surface area contributed by atoms with Crippen LogP contribution in [0.1, 0.15) is 16.9 Å². The van der Waals surface area contributed by atoms with Crippen molar-refractivity contribution in [2.24, 2.45) is 0 Å². The molecule has 2 rings (SSSR count). The van der Waals surface area contributed by atoms with E-state index < -0.39 is 5.97 Å². The monoisotopic (exact) mass is 310 g/mol. The molecule has 0 unspecified atom stereocenters. The predicted octanol–water partition coefficient (Wildman–Crippen LogP) is 2.93. The van der Waals surface area contributed by atoms with Crippen molar-refractivity contribution in [1.29, 1.82) is 0 Å². The first-order valence-electron chi connectivity index (χ1n) is 6.34. The lowest BCUT2D eigenvalue weighted by atomic mass is 10.3.